The molecule has 0 spiro atoms. The number of amides is 1. The van der Waals surface area contributed by atoms with Crippen molar-refractivity contribution in [3.05, 3.63) is 23.6 Å². The summed E-state index contributed by atoms with van der Waals surface area (Å²) in [6.07, 6.45) is 1.74. The third-order valence-corrected chi connectivity index (χ3v) is 5.15. The number of rotatable bonds is 3. The number of nitrogens with zero attached hydrogens (tertiary/aromatic N) is 1. The second kappa shape index (κ2) is 7.59. The first-order valence-electron chi connectivity index (χ1n) is 8.09. The van der Waals surface area contributed by atoms with Crippen LogP contribution in [0.5, 0.6) is 11.5 Å². The number of carbonyl (C=O) groups excluding carboxylic acids is 1. The van der Waals surface area contributed by atoms with Gasteiger partial charge in [-0.25, -0.2) is 4.98 Å². The largest absolute Gasteiger partial charge is 0.454 e. The standard InChI is InChI=1S/C17H19N3O3S.ClH/c1-10-6-12(4-5-18-10)16(21)20-17-19-13(8-24-17)11-2-3-14-15(7-11)23-9-22-14;/h2-3,7-8,10,12,18H,4-6,9H2,1H3,(H,19,20,21);1H/t10-,12-;/m0./s1. The minimum Gasteiger partial charge on any atom is -0.454 e. The number of ether oxygens (including phenoxy) is 2. The molecule has 0 aliphatic carbocycles. The number of aromatic nitrogens is 1. The van der Waals surface area contributed by atoms with E-state index >= 15 is 0 Å². The fourth-order valence-corrected chi connectivity index (χ4v) is 3.82. The lowest BCUT2D eigenvalue weighted by atomic mass is 9.92. The Morgan fingerprint density at radius 2 is 2.20 bits per heavy atom. The molecule has 2 N–H and O–H groups in total. The minimum atomic E-state index is 0. The number of hydrogen-bond acceptors (Lipinski definition) is 6. The second-order valence-electron chi connectivity index (χ2n) is 6.17. The zero-order valence-corrected chi connectivity index (χ0v) is 15.4. The molecule has 2 aliphatic heterocycles. The van der Waals surface area contributed by atoms with Crippen LogP contribution in [0.3, 0.4) is 0 Å². The molecule has 4 rings (SSSR count). The van der Waals surface area contributed by atoms with Crippen molar-refractivity contribution in [3.63, 3.8) is 0 Å². The van der Waals surface area contributed by atoms with Crippen LogP contribution in [0.2, 0.25) is 0 Å². The summed E-state index contributed by atoms with van der Waals surface area (Å²) in [7, 11) is 0. The van der Waals surface area contributed by atoms with Gasteiger partial charge in [0.2, 0.25) is 12.7 Å². The zero-order valence-electron chi connectivity index (χ0n) is 13.8. The fourth-order valence-electron chi connectivity index (χ4n) is 3.10. The van der Waals surface area contributed by atoms with Crippen molar-refractivity contribution >= 4 is 34.8 Å². The molecule has 1 fully saturated rings. The Balaban J connectivity index is 0.00000182. The number of carbonyl (C=O) groups is 1. The van der Waals surface area contributed by atoms with Gasteiger partial charge in [-0.05, 0) is 44.5 Å². The first-order valence-corrected chi connectivity index (χ1v) is 8.97. The van der Waals surface area contributed by atoms with Gasteiger partial charge in [0.1, 0.15) is 0 Å². The van der Waals surface area contributed by atoms with Crippen molar-refractivity contribution in [1.82, 2.24) is 10.3 Å². The molecule has 1 aromatic carbocycles. The summed E-state index contributed by atoms with van der Waals surface area (Å²) in [5.41, 5.74) is 1.78. The fraction of sp³-hybridized carbons (Fsp3) is 0.412. The molecule has 134 valence electrons. The van der Waals surface area contributed by atoms with Crippen LogP contribution in [0.25, 0.3) is 11.3 Å². The molecule has 0 bridgehead atoms. The normalized spacial score (nSPS) is 21.5. The smallest absolute Gasteiger partial charge is 0.231 e. The number of piperidine rings is 1. The topological polar surface area (TPSA) is 72.5 Å². The van der Waals surface area contributed by atoms with Gasteiger partial charge in [-0.1, -0.05) is 0 Å². The first-order chi connectivity index (χ1) is 11.7. The van der Waals surface area contributed by atoms with Gasteiger partial charge < -0.3 is 20.1 Å². The summed E-state index contributed by atoms with van der Waals surface area (Å²) < 4.78 is 10.7. The highest BCUT2D eigenvalue weighted by Crippen LogP contribution is 2.36. The Bertz CT molecular complexity index is 767. The van der Waals surface area contributed by atoms with Gasteiger partial charge in [0, 0.05) is 22.9 Å². The summed E-state index contributed by atoms with van der Waals surface area (Å²) in [5.74, 6) is 1.60. The number of benzene rings is 1. The number of thiazole rings is 1. The summed E-state index contributed by atoms with van der Waals surface area (Å²) in [5, 5.41) is 8.90. The lowest BCUT2D eigenvalue weighted by Crippen LogP contribution is -2.40. The number of fused-ring (bicyclic) bond motifs is 1. The minimum absolute atomic E-state index is 0. The van der Waals surface area contributed by atoms with Crippen LogP contribution in [0.1, 0.15) is 19.8 Å². The number of halogens is 1. The number of nitrogens with one attached hydrogen (secondary N) is 2. The summed E-state index contributed by atoms with van der Waals surface area (Å²) in [6.45, 7) is 3.26. The molecule has 0 radical (unpaired) electrons. The van der Waals surface area contributed by atoms with Crippen LogP contribution in [0.15, 0.2) is 23.6 Å². The Labute approximate surface area is 156 Å². The van der Waals surface area contributed by atoms with E-state index in [4.69, 9.17) is 9.47 Å². The highest BCUT2D eigenvalue weighted by atomic mass is 35.5. The molecule has 8 heteroatoms. The van der Waals surface area contributed by atoms with Gasteiger partial charge in [0.15, 0.2) is 16.6 Å². The predicted octanol–water partition coefficient (Wildman–Crippen LogP) is 3.29. The quantitative estimate of drug-likeness (QED) is 0.853. The highest BCUT2D eigenvalue weighted by Gasteiger charge is 2.25. The average molecular weight is 382 g/mol. The van der Waals surface area contributed by atoms with Gasteiger partial charge in [-0.15, -0.1) is 23.7 Å². The Morgan fingerprint density at radius 1 is 1.36 bits per heavy atom. The van der Waals surface area contributed by atoms with E-state index in [1.54, 1.807) is 0 Å². The van der Waals surface area contributed by atoms with Gasteiger partial charge in [-0.2, -0.15) is 0 Å². The molecular formula is C17H20ClN3O3S. The third kappa shape index (κ3) is 3.89. The van der Waals surface area contributed by atoms with Crippen LogP contribution in [-0.2, 0) is 4.79 Å². The number of hydrogen-bond donors (Lipinski definition) is 2. The third-order valence-electron chi connectivity index (χ3n) is 4.40. The molecule has 3 heterocycles. The molecular weight excluding hydrogens is 362 g/mol. The average Bonchev–Trinajstić information content (AvgIpc) is 3.23. The van der Waals surface area contributed by atoms with Crippen LogP contribution in [0.4, 0.5) is 5.13 Å². The molecule has 1 saturated heterocycles. The highest BCUT2D eigenvalue weighted by molar-refractivity contribution is 7.14. The molecule has 6 nitrogen and oxygen atoms in total. The Morgan fingerprint density at radius 3 is 3.04 bits per heavy atom. The summed E-state index contributed by atoms with van der Waals surface area (Å²) >= 11 is 1.44. The Hall–Kier alpha value is -1.83. The van der Waals surface area contributed by atoms with E-state index in [0.717, 1.165) is 42.1 Å². The lowest BCUT2D eigenvalue weighted by Gasteiger charge is -2.26. The molecule has 0 unspecified atom stereocenters. The van der Waals surface area contributed by atoms with E-state index in [-0.39, 0.29) is 31.0 Å². The van der Waals surface area contributed by atoms with Crippen molar-refractivity contribution in [1.29, 1.82) is 0 Å². The molecule has 1 aromatic heterocycles. The van der Waals surface area contributed by atoms with Crippen molar-refractivity contribution in [2.45, 2.75) is 25.8 Å². The van der Waals surface area contributed by atoms with Crippen LogP contribution in [-0.4, -0.2) is 30.3 Å². The first kappa shape index (κ1) is 18.0. The molecule has 2 aliphatic rings. The summed E-state index contributed by atoms with van der Waals surface area (Å²) in [4.78, 5) is 16.9. The SMILES string of the molecule is C[C@H]1C[C@@H](C(=O)Nc2nc(-c3ccc4c(c3)OCO4)cs2)CCN1.Cl. The van der Waals surface area contributed by atoms with Crippen LogP contribution >= 0.6 is 23.7 Å². The predicted molar refractivity (Wildman–Crippen MR) is 99.7 cm³/mol. The van der Waals surface area contributed by atoms with Gasteiger partial charge >= 0.3 is 0 Å². The molecule has 1 amide bonds. The van der Waals surface area contributed by atoms with Crippen molar-refractivity contribution < 1.29 is 14.3 Å². The van der Waals surface area contributed by atoms with Crippen LogP contribution in [0, 0.1) is 5.92 Å². The van der Waals surface area contributed by atoms with Crippen molar-refractivity contribution in [2.24, 2.45) is 5.92 Å². The van der Waals surface area contributed by atoms with E-state index in [1.165, 1.54) is 11.3 Å². The van der Waals surface area contributed by atoms with Gasteiger partial charge in [0.05, 0.1) is 5.69 Å². The maximum absolute atomic E-state index is 12.4. The second-order valence-corrected chi connectivity index (χ2v) is 7.03. The van der Waals surface area contributed by atoms with E-state index in [1.807, 2.05) is 23.6 Å². The molecule has 2 atom stereocenters. The molecule has 25 heavy (non-hydrogen) atoms. The van der Waals surface area contributed by atoms with E-state index in [2.05, 4.69) is 22.5 Å². The number of anilines is 1. The molecule has 2 aromatic rings. The van der Waals surface area contributed by atoms with Crippen LogP contribution < -0.4 is 20.1 Å². The zero-order chi connectivity index (χ0) is 16.5. The monoisotopic (exact) mass is 381 g/mol. The van der Waals surface area contributed by atoms with Crippen molar-refractivity contribution in [3.8, 4) is 22.8 Å². The van der Waals surface area contributed by atoms with Gasteiger partial charge in [-0.3, -0.25) is 4.79 Å². The van der Waals surface area contributed by atoms with Gasteiger partial charge in [0.25, 0.3) is 0 Å². The maximum atomic E-state index is 12.4. The van der Waals surface area contributed by atoms with E-state index in [0.29, 0.717) is 11.2 Å². The lowest BCUT2D eigenvalue weighted by molar-refractivity contribution is -0.120. The molecule has 0 saturated carbocycles. The van der Waals surface area contributed by atoms with E-state index in [9.17, 15) is 4.79 Å². The summed E-state index contributed by atoms with van der Waals surface area (Å²) in [6, 6.07) is 6.13. The van der Waals surface area contributed by atoms with Crippen molar-refractivity contribution in [2.75, 3.05) is 18.7 Å². The van der Waals surface area contributed by atoms with E-state index < -0.39 is 0 Å². The maximum Gasteiger partial charge on any atom is 0.231 e. The Kier molecular flexibility index (Phi) is 5.46.